The lowest BCUT2D eigenvalue weighted by Gasteiger charge is -2.26. The number of hydrogen-bond donors (Lipinski definition) is 2. The van der Waals surface area contributed by atoms with Gasteiger partial charge in [-0.3, -0.25) is 4.79 Å². The van der Waals surface area contributed by atoms with Crippen LogP contribution in [-0.2, 0) is 12.8 Å². The summed E-state index contributed by atoms with van der Waals surface area (Å²) in [6, 6.07) is 16.8. The molecule has 0 aromatic heterocycles. The summed E-state index contributed by atoms with van der Waals surface area (Å²) >= 11 is 0. The summed E-state index contributed by atoms with van der Waals surface area (Å²) in [4.78, 5) is 11.7. The second kappa shape index (κ2) is 6.00. The zero-order valence-electron chi connectivity index (χ0n) is 12.2. The van der Waals surface area contributed by atoms with Crippen molar-refractivity contribution in [2.24, 2.45) is 0 Å². The monoisotopic (exact) mass is 280 g/mol. The highest BCUT2D eigenvalue weighted by Crippen LogP contribution is 2.24. The summed E-state index contributed by atoms with van der Waals surface area (Å²) in [6.45, 7) is 0. The van der Waals surface area contributed by atoms with Crippen LogP contribution in [0.2, 0.25) is 0 Å². The molecule has 0 heterocycles. The Hall–Kier alpha value is -2.29. The largest absolute Gasteiger partial charge is 0.382 e. The number of anilines is 1. The molecule has 3 nitrogen and oxygen atoms in total. The van der Waals surface area contributed by atoms with Crippen molar-refractivity contribution < 1.29 is 4.79 Å². The van der Waals surface area contributed by atoms with Crippen LogP contribution in [0.15, 0.2) is 48.5 Å². The van der Waals surface area contributed by atoms with E-state index in [0.717, 1.165) is 24.9 Å². The predicted octanol–water partition coefficient (Wildman–Crippen LogP) is 3.02. The number of nitrogens with one attached hydrogen (secondary N) is 2. The molecule has 2 aromatic carbocycles. The zero-order chi connectivity index (χ0) is 14.7. The first kappa shape index (κ1) is 13.7. The van der Waals surface area contributed by atoms with Gasteiger partial charge in [-0.25, -0.2) is 0 Å². The van der Waals surface area contributed by atoms with E-state index in [4.69, 9.17) is 0 Å². The third-order valence-corrected chi connectivity index (χ3v) is 4.07. The molecule has 0 radical (unpaired) electrons. The Balaban J connectivity index is 1.72. The number of benzene rings is 2. The van der Waals surface area contributed by atoms with Gasteiger partial charge in [0.2, 0.25) is 0 Å². The molecule has 21 heavy (non-hydrogen) atoms. The first-order chi connectivity index (χ1) is 10.3. The molecule has 2 N–H and O–H groups in total. The molecule has 1 unspecified atom stereocenters. The van der Waals surface area contributed by atoms with Gasteiger partial charge in [-0.2, -0.15) is 0 Å². The smallest absolute Gasteiger partial charge is 0.251 e. The summed E-state index contributed by atoms with van der Waals surface area (Å²) in [5.41, 5.74) is 4.61. The lowest BCUT2D eigenvalue weighted by molar-refractivity contribution is 0.0963. The molecule has 3 heteroatoms. The summed E-state index contributed by atoms with van der Waals surface area (Å²) in [5, 5.41) is 6.22. The Morgan fingerprint density at radius 1 is 1.10 bits per heavy atom. The van der Waals surface area contributed by atoms with Crippen molar-refractivity contribution in [2.75, 3.05) is 12.4 Å². The topological polar surface area (TPSA) is 41.1 Å². The number of carbonyl (C=O) groups excluding carboxylic acids is 1. The SMILES string of the molecule is CNC(=O)c1cccc(NC2CCc3ccccc3C2)c1. The molecular formula is C18H20N2O. The Kier molecular flexibility index (Phi) is 3.91. The van der Waals surface area contributed by atoms with Crippen LogP contribution < -0.4 is 10.6 Å². The van der Waals surface area contributed by atoms with Crippen LogP contribution in [0.25, 0.3) is 0 Å². The minimum absolute atomic E-state index is 0.0485. The van der Waals surface area contributed by atoms with Gasteiger partial charge in [0, 0.05) is 24.3 Å². The van der Waals surface area contributed by atoms with Crippen LogP contribution in [-0.4, -0.2) is 19.0 Å². The number of aryl methyl sites for hydroxylation is 1. The van der Waals surface area contributed by atoms with Gasteiger partial charge in [0.05, 0.1) is 0 Å². The van der Waals surface area contributed by atoms with E-state index in [0.29, 0.717) is 11.6 Å². The quantitative estimate of drug-likeness (QED) is 0.907. The van der Waals surface area contributed by atoms with E-state index < -0.39 is 0 Å². The minimum atomic E-state index is -0.0485. The highest BCUT2D eigenvalue weighted by atomic mass is 16.1. The fraction of sp³-hybridized carbons (Fsp3) is 0.278. The molecule has 0 fully saturated rings. The molecule has 0 bridgehead atoms. The molecular weight excluding hydrogens is 260 g/mol. The van der Waals surface area contributed by atoms with Crippen LogP contribution in [0.4, 0.5) is 5.69 Å². The number of carbonyl (C=O) groups is 1. The van der Waals surface area contributed by atoms with Gasteiger partial charge in [-0.15, -0.1) is 0 Å². The summed E-state index contributed by atoms with van der Waals surface area (Å²) in [7, 11) is 1.65. The van der Waals surface area contributed by atoms with Crippen molar-refractivity contribution >= 4 is 11.6 Å². The molecule has 1 aliphatic carbocycles. The maximum absolute atomic E-state index is 11.7. The van der Waals surface area contributed by atoms with Gasteiger partial charge < -0.3 is 10.6 Å². The number of rotatable bonds is 3. The molecule has 0 aliphatic heterocycles. The normalized spacial score (nSPS) is 16.9. The van der Waals surface area contributed by atoms with Crippen molar-refractivity contribution in [3.05, 3.63) is 65.2 Å². The number of fused-ring (bicyclic) bond motifs is 1. The van der Waals surface area contributed by atoms with Crippen molar-refractivity contribution in [1.29, 1.82) is 0 Å². The second-order valence-electron chi connectivity index (χ2n) is 5.51. The lowest BCUT2D eigenvalue weighted by Crippen LogP contribution is -2.27. The summed E-state index contributed by atoms with van der Waals surface area (Å²) in [6.07, 6.45) is 3.28. The zero-order valence-corrected chi connectivity index (χ0v) is 12.2. The highest BCUT2D eigenvalue weighted by Gasteiger charge is 2.18. The predicted molar refractivity (Wildman–Crippen MR) is 85.7 cm³/mol. The first-order valence-electron chi connectivity index (χ1n) is 7.42. The van der Waals surface area contributed by atoms with E-state index in [9.17, 15) is 4.79 Å². The third-order valence-electron chi connectivity index (χ3n) is 4.07. The Morgan fingerprint density at radius 3 is 2.71 bits per heavy atom. The first-order valence-corrected chi connectivity index (χ1v) is 7.42. The fourth-order valence-electron chi connectivity index (χ4n) is 2.95. The summed E-state index contributed by atoms with van der Waals surface area (Å²) < 4.78 is 0. The van der Waals surface area contributed by atoms with Crippen LogP contribution in [0.1, 0.15) is 27.9 Å². The van der Waals surface area contributed by atoms with E-state index in [2.05, 4.69) is 34.9 Å². The maximum atomic E-state index is 11.7. The molecule has 108 valence electrons. The Labute approximate surface area is 125 Å². The van der Waals surface area contributed by atoms with Crippen molar-refractivity contribution in [3.63, 3.8) is 0 Å². The fourth-order valence-corrected chi connectivity index (χ4v) is 2.95. The van der Waals surface area contributed by atoms with Crippen molar-refractivity contribution in [2.45, 2.75) is 25.3 Å². The molecule has 0 spiro atoms. The third kappa shape index (κ3) is 3.07. The average Bonchev–Trinajstić information content (AvgIpc) is 2.54. The number of hydrogen-bond acceptors (Lipinski definition) is 2. The van der Waals surface area contributed by atoms with Crippen LogP contribution >= 0.6 is 0 Å². The molecule has 0 saturated heterocycles. The Morgan fingerprint density at radius 2 is 1.90 bits per heavy atom. The van der Waals surface area contributed by atoms with E-state index in [-0.39, 0.29) is 5.91 Å². The molecule has 2 aromatic rings. The second-order valence-corrected chi connectivity index (χ2v) is 5.51. The lowest BCUT2D eigenvalue weighted by atomic mass is 9.88. The van der Waals surface area contributed by atoms with Crippen LogP contribution in [0.3, 0.4) is 0 Å². The van der Waals surface area contributed by atoms with Gasteiger partial charge >= 0.3 is 0 Å². The molecule has 1 amide bonds. The van der Waals surface area contributed by atoms with Crippen molar-refractivity contribution in [1.82, 2.24) is 5.32 Å². The molecule has 0 saturated carbocycles. The van der Waals surface area contributed by atoms with Gasteiger partial charge in [0.25, 0.3) is 5.91 Å². The average molecular weight is 280 g/mol. The van der Waals surface area contributed by atoms with Gasteiger partial charge in [-0.1, -0.05) is 30.3 Å². The maximum Gasteiger partial charge on any atom is 0.251 e. The van der Waals surface area contributed by atoms with E-state index in [1.54, 1.807) is 7.05 Å². The molecule has 1 aliphatic rings. The van der Waals surface area contributed by atoms with E-state index in [1.165, 1.54) is 11.1 Å². The van der Waals surface area contributed by atoms with Crippen LogP contribution in [0, 0.1) is 0 Å². The minimum Gasteiger partial charge on any atom is -0.382 e. The van der Waals surface area contributed by atoms with E-state index in [1.807, 2.05) is 24.3 Å². The Bertz CT molecular complexity index is 651. The van der Waals surface area contributed by atoms with Gasteiger partial charge in [0.15, 0.2) is 0 Å². The molecule has 1 atom stereocenters. The summed E-state index contributed by atoms with van der Waals surface area (Å²) in [5.74, 6) is -0.0485. The molecule has 3 rings (SSSR count). The van der Waals surface area contributed by atoms with E-state index >= 15 is 0 Å². The van der Waals surface area contributed by atoms with Crippen LogP contribution in [0.5, 0.6) is 0 Å². The number of amides is 1. The van der Waals surface area contributed by atoms with Crippen molar-refractivity contribution in [3.8, 4) is 0 Å². The van der Waals surface area contributed by atoms with Gasteiger partial charge in [0.1, 0.15) is 0 Å². The highest BCUT2D eigenvalue weighted by molar-refractivity contribution is 5.94. The standard InChI is InChI=1S/C18H20N2O/c1-19-18(21)15-7-4-8-16(12-15)20-17-10-9-13-5-2-3-6-14(13)11-17/h2-8,12,17,20H,9-11H2,1H3,(H,19,21). The van der Waals surface area contributed by atoms with Gasteiger partial charge in [-0.05, 0) is 48.6 Å².